The van der Waals surface area contributed by atoms with Crippen LogP contribution in [0.1, 0.15) is 21.6 Å². The minimum Gasteiger partial charge on any atom is -0.367 e. The van der Waals surface area contributed by atoms with E-state index in [1.54, 1.807) is 24.3 Å². The summed E-state index contributed by atoms with van der Waals surface area (Å²) in [5.74, 6) is -0.528. The van der Waals surface area contributed by atoms with Gasteiger partial charge in [0.1, 0.15) is 21.0 Å². The summed E-state index contributed by atoms with van der Waals surface area (Å²) in [4.78, 5) is 21.7. The normalized spacial score (nSPS) is 12.8. The highest BCUT2D eigenvalue weighted by molar-refractivity contribution is 7.17. The van der Waals surface area contributed by atoms with E-state index in [0.717, 1.165) is 62.6 Å². The Morgan fingerprint density at radius 2 is 1.45 bits per heavy atom. The maximum atomic E-state index is 12.7. The molecule has 4 aromatic carbocycles. The molecular weight excluding hydrogens is 572 g/mol. The van der Waals surface area contributed by atoms with Crippen LogP contribution in [0.3, 0.4) is 0 Å². The molecule has 0 saturated carbocycles. The van der Waals surface area contributed by atoms with Gasteiger partial charge in [0.2, 0.25) is 0 Å². The molecule has 0 atom stereocenters. The molecule has 0 radical (unpaired) electrons. The van der Waals surface area contributed by atoms with Crippen LogP contribution in [-0.4, -0.2) is 47.6 Å². The first kappa shape index (κ1) is 26.0. The number of hydrogen-bond donors (Lipinski definition) is 0. The number of carbonyl (C=O) groups is 1. The number of aromatic nitrogens is 7. The molecule has 214 valence electrons. The first-order chi connectivity index (χ1) is 21.7. The zero-order valence-corrected chi connectivity index (χ0v) is 24.1. The van der Waals surface area contributed by atoms with E-state index in [0.29, 0.717) is 16.6 Å². The highest BCUT2D eigenvalue weighted by atomic mass is 32.1. The molecule has 0 fully saturated rings. The quantitative estimate of drug-likeness (QED) is 0.228. The van der Waals surface area contributed by atoms with Crippen LogP contribution in [0.2, 0.25) is 0 Å². The van der Waals surface area contributed by atoms with Crippen molar-refractivity contribution in [1.29, 1.82) is 0 Å². The predicted octanol–water partition coefficient (Wildman–Crippen LogP) is 5.63. The lowest BCUT2D eigenvalue weighted by Gasteiger charge is -2.28. The van der Waals surface area contributed by atoms with Gasteiger partial charge in [-0.25, -0.2) is 9.48 Å². The van der Waals surface area contributed by atoms with Crippen LogP contribution in [0, 0.1) is 0 Å². The number of benzene rings is 4. The summed E-state index contributed by atoms with van der Waals surface area (Å²) in [5, 5.41) is 23.2. The molecule has 0 aliphatic carbocycles. The third-order valence-electron chi connectivity index (χ3n) is 7.64. The van der Waals surface area contributed by atoms with Gasteiger partial charge in [0.05, 0.1) is 16.9 Å². The molecule has 0 bridgehead atoms. The van der Waals surface area contributed by atoms with Crippen molar-refractivity contribution in [3.05, 3.63) is 126 Å². The molecule has 11 heteroatoms. The Bertz CT molecular complexity index is 2100. The second-order valence-corrected chi connectivity index (χ2v) is 11.4. The van der Waals surface area contributed by atoms with E-state index in [1.165, 1.54) is 16.9 Å². The lowest BCUT2D eigenvalue weighted by molar-refractivity contribution is 0.0409. The van der Waals surface area contributed by atoms with Gasteiger partial charge in [0, 0.05) is 48.1 Å². The topological polar surface area (TPSA) is 104 Å². The number of carbonyl (C=O) groups excluding carboxylic acids is 1. The van der Waals surface area contributed by atoms with Crippen molar-refractivity contribution >= 4 is 34.0 Å². The van der Waals surface area contributed by atoms with Crippen LogP contribution in [0.15, 0.2) is 109 Å². The van der Waals surface area contributed by atoms with E-state index in [-0.39, 0.29) is 0 Å². The Morgan fingerprint density at radius 3 is 2.23 bits per heavy atom. The van der Waals surface area contributed by atoms with E-state index in [2.05, 4.69) is 68.0 Å². The lowest BCUT2D eigenvalue weighted by Crippen LogP contribution is -2.29. The largest absolute Gasteiger partial charge is 0.367 e. The van der Waals surface area contributed by atoms with Gasteiger partial charge in [-0.05, 0) is 65.9 Å². The van der Waals surface area contributed by atoms with Crippen molar-refractivity contribution < 1.29 is 9.63 Å². The Balaban J connectivity index is 0.936. The minimum atomic E-state index is -0.528. The Hall–Kier alpha value is -5.68. The first-order valence-corrected chi connectivity index (χ1v) is 14.9. The van der Waals surface area contributed by atoms with Crippen LogP contribution in [0.4, 0.5) is 5.69 Å². The second-order valence-electron chi connectivity index (χ2n) is 10.4. The van der Waals surface area contributed by atoms with E-state index >= 15 is 0 Å². The number of nitrogens with zero attached hydrogens (tertiary/aromatic N) is 8. The van der Waals surface area contributed by atoms with Crippen molar-refractivity contribution in [2.45, 2.75) is 13.0 Å². The average molecular weight is 597 g/mol. The van der Waals surface area contributed by atoms with Crippen molar-refractivity contribution in [3.63, 3.8) is 0 Å². The van der Waals surface area contributed by atoms with Gasteiger partial charge in [0.25, 0.3) is 0 Å². The second kappa shape index (κ2) is 10.9. The van der Waals surface area contributed by atoms with Crippen LogP contribution in [0.5, 0.6) is 0 Å². The van der Waals surface area contributed by atoms with Crippen LogP contribution < -0.4 is 9.74 Å². The summed E-state index contributed by atoms with van der Waals surface area (Å²) in [6.07, 6.45) is 3.05. The zero-order chi connectivity index (χ0) is 29.5. The standard InChI is InChI=1S/C33H24N8O2S/c42-33(43-41-30-9-5-4-8-29(30)34-38-41)24-12-10-22(11-13-24)31-35-36-32(44-31)23-14-16-26(17-15-23)39-19-18-28-25(20-39)21-40(37-28)27-6-2-1-3-7-27/h1-17,21H,18-20H2. The molecule has 0 N–H and O–H groups in total. The number of anilines is 1. The summed E-state index contributed by atoms with van der Waals surface area (Å²) in [6.45, 7) is 1.74. The molecule has 0 unspecified atom stereocenters. The smallest absolute Gasteiger partial charge is 0.365 e. The molecule has 0 spiro atoms. The molecule has 44 heavy (non-hydrogen) atoms. The third-order valence-corrected chi connectivity index (χ3v) is 8.66. The van der Waals surface area contributed by atoms with E-state index in [4.69, 9.17) is 9.94 Å². The Kier molecular flexibility index (Phi) is 6.42. The van der Waals surface area contributed by atoms with Crippen LogP contribution in [-0.2, 0) is 13.0 Å². The zero-order valence-electron chi connectivity index (χ0n) is 23.3. The Labute approximate surface area is 255 Å². The number of para-hydroxylation sites is 2. The van der Waals surface area contributed by atoms with Gasteiger partial charge in [-0.1, -0.05) is 58.6 Å². The monoisotopic (exact) mass is 596 g/mol. The molecule has 3 aromatic heterocycles. The van der Waals surface area contributed by atoms with Gasteiger partial charge in [-0.3, -0.25) is 0 Å². The van der Waals surface area contributed by atoms with Crippen LogP contribution >= 0.6 is 11.3 Å². The fourth-order valence-corrected chi connectivity index (χ4v) is 6.17. The van der Waals surface area contributed by atoms with Crippen molar-refractivity contribution in [2.24, 2.45) is 0 Å². The number of rotatable bonds is 6. The van der Waals surface area contributed by atoms with Gasteiger partial charge >= 0.3 is 5.97 Å². The Morgan fingerprint density at radius 1 is 0.750 bits per heavy atom. The molecule has 0 amide bonds. The molecule has 7 aromatic rings. The fraction of sp³-hybridized carbons (Fsp3) is 0.0909. The fourth-order valence-electron chi connectivity index (χ4n) is 5.31. The van der Waals surface area contributed by atoms with E-state index < -0.39 is 5.97 Å². The lowest BCUT2D eigenvalue weighted by atomic mass is 10.1. The highest BCUT2D eigenvalue weighted by Gasteiger charge is 2.21. The molecule has 0 saturated heterocycles. The van der Waals surface area contributed by atoms with Gasteiger partial charge < -0.3 is 9.74 Å². The molecule has 4 heterocycles. The number of hydrogen-bond acceptors (Lipinski definition) is 9. The van der Waals surface area contributed by atoms with E-state index in [9.17, 15) is 4.79 Å². The molecule has 10 nitrogen and oxygen atoms in total. The SMILES string of the molecule is O=C(On1nnc2ccccc21)c1ccc(-c2nnc(-c3ccc(N4CCc5nn(-c6ccccc6)cc5C4)cc3)s2)cc1. The van der Waals surface area contributed by atoms with Crippen molar-refractivity contribution in [3.8, 4) is 26.8 Å². The molecule has 1 aliphatic rings. The maximum Gasteiger partial charge on any atom is 0.365 e. The first-order valence-electron chi connectivity index (χ1n) is 14.1. The molecule has 1 aliphatic heterocycles. The van der Waals surface area contributed by atoms with Crippen LogP contribution in [0.25, 0.3) is 37.9 Å². The van der Waals surface area contributed by atoms with Gasteiger partial charge in [-0.2, -0.15) is 5.10 Å². The van der Waals surface area contributed by atoms with E-state index in [1.807, 2.05) is 47.1 Å². The molecular formula is C33H24N8O2S. The summed E-state index contributed by atoms with van der Waals surface area (Å²) < 4.78 is 1.98. The average Bonchev–Trinajstić information content (AvgIpc) is 3.84. The molecule has 8 rings (SSSR count). The summed E-state index contributed by atoms with van der Waals surface area (Å²) >= 11 is 1.51. The predicted molar refractivity (Wildman–Crippen MR) is 168 cm³/mol. The maximum absolute atomic E-state index is 12.7. The summed E-state index contributed by atoms with van der Waals surface area (Å²) in [5.41, 5.74) is 8.19. The minimum absolute atomic E-state index is 0.394. The third kappa shape index (κ3) is 4.88. The van der Waals surface area contributed by atoms with Gasteiger partial charge in [-0.15, -0.1) is 15.3 Å². The summed E-state index contributed by atoms with van der Waals surface area (Å²) in [6, 6.07) is 33.1. The van der Waals surface area contributed by atoms with Crippen molar-refractivity contribution in [2.75, 3.05) is 11.4 Å². The number of fused-ring (bicyclic) bond motifs is 2. The highest BCUT2D eigenvalue weighted by Crippen LogP contribution is 2.32. The van der Waals surface area contributed by atoms with Gasteiger partial charge in [0.15, 0.2) is 0 Å². The van der Waals surface area contributed by atoms with Crippen molar-refractivity contribution in [1.82, 2.24) is 35.1 Å². The summed E-state index contributed by atoms with van der Waals surface area (Å²) in [7, 11) is 0.